The van der Waals surface area contributed by atoms with Gasteiger partial charge in [0, 0.05) is 20.6 Å². The van der Waals surface area contributed by atoms with Gasteiger partial charge in [-0.15, -0.1) is 0 Å². The Kier molecular flexibility index (Phi) is 7.48. The summed E-state index contributed by atoms with van der Waals surface area (Å²) in [4.78, 5) is 33.7. The maximum atomic E-state index is 12.7. The lowest BCUT2D eigenvalue weighted by Gasteiger charge is -2.25. The molecule has 0 bridgehead atoms. The summed E-state index contributed by atoms with van der Waals surface area (Å²) in [7, 11) is 1.51. The standard InChI is InChI=1S/C10H9FN4O2.C8H13NO.H2/c1-17-8-3-2-6(4-12-8)14-10-13-5-7(11)9(16)15-10;1-2-8(10)9-6-4-3-5-7-9;/h2-5H,1H3,(H2,13,14,15,16);2H,1,3-7H2;1H. The molecule has 3 rings (SSSR count). The van der Waals surface area contributed by atoms with Gasteiger partial charge < -0.3 is 15.0 Å². The van der Waals surface area contributed by atoms with Crippen molar-refractivity contribution in [2.45, 2.75) is 19.3 Å². The zero-order valence-corrected chi connectivity index (χ0v) is 15.1. The molecule has 0 aromatic carbocycles. The van der Waals surface area contributed by atoms with Crippen molar-refractivity contribution in [2.24, 2.45) is 0 Å². The van der Waals surface area contributed by atoms with Crippen LogP contribution in [0.5, 0.6) is 5.88 Å². The van der Waals surface area contributed by atoms with Crippen molar-refractivity contribution >= 4 is 17.5 Å². The molecule has 27 heavy (non-hydrogen) atoms. The van der Waals surface area contributed by atoms with E-state index in [0.29, 0.717) is 11.6 Å². The molecule has 8 nitrogen and oxygen atoms in total. The number of pyridine rings is 1. The van der Waals surface area contributed by atoms with Gasteiger partial charge in [-0.2, -0.15) is 4.39 Å². The van der Waals surface area contributed by atoms with Gasteiger partial charge in [-0.25, -0.2) is 9.97 Å². The highest BCUT2D eigenvalue weighted by Gasteiger charge is 2.12. The minimum atomic E-state index is -0.927. The molecule has 1 saturated heterocycles. The first kappa shape index (κ1) is 20.1. The van der Waals surface area contributed by atoms with Crippen molar-refractivity contribution in [3.05, 3.63) is 53.4 Å². The van der Waals surface area contributed by atoms with Gasteiger partial charge in [0.2, 0.25) is 23.6 Å². The van der Waals surface area contributed by atoms with Crippen molar-refractivity contribution < 1.29 is 15.3 Å². The highest BCUT2D eigenvalue weighted by Crippen LogP contribution is 2.13. The molecule has 1 amide bonds. The molecule has 3 heterocycles. The molecule has 0 radical (unpaired) electrons. The molecule has 146 valence electrons. The minimum absolute atomic E-state index is 0. The minimum Gasteiger partial charge on any atom is -0.481 e. The molecule has 0 saturated carbocycles. The maximum Gasteiger partial charge on any atom is 0.288 e. The smallest absolute Gasteiger partial charge is 0.288 e. The number of ether oxygens (including phenoxy) is 1. The van der Waals surface area contributed by atoms with E-state index in [9.17, 15) is 14.0 Å². The number of rotatable bonds is 4. The Morgan fingerprint density at radius 3 is 2.63 bits per heavy atom. The van der Waals surface area contributed by atoms with E-state index in [1.165, 1.54) is 25.8 Å². The normalized spacial score (nSPS) is 13.2. The number of nitrogens with one attached hydrogen (secondary N) is 2. The second kappa shape index (κ2) is 10.0. The fourth-order valence-electron chi connectivity index (χ4n) is 2.40. The van der Waals surface area contributed by atoms with Crippen LogP contribution in [-0.2, 0) is 4.79 Å². The van der Waals surface area contributed by atoms with Crippen molar-refractivity contribution in [3.8, 4) is 5.88 Å². The summed E-state index contributed by atoms with van der Waals surface area (Å²) in [6, 6.07) is 3.33. The summed E-state index contributed by atoms with van der Waals surface area (Å²) in [5.74, 6) is -0.234. The van der Waals surface area contributed by atoms with Crippen LogP contribution in [0.4, 0.5) is 16.0 Å². The first-order chi connectivity index (χ1) is 13.0. The number of carbonyl (C=O) groups excluding carboxylic acids is 1. The Morgan fingerprint density at radius 2 is 2.07 bits per heavy atom. The number of carbonyl (C=O) groups is 1. The van der Waals surface area contributed by atoms with E-state index in [-0.39, 0.29) is 13.3 Å². The first-order valence-electron chi connectivity index (χ1n) is 8.46. The van der Waals surface area contributed by atoms with Gasteiger partial charge in [-0.1, -0.05) is 6.58 Å². The number of hydrogen-bond donors (Lipinski definition) is 2. The van der Waals surface area contributed by atoms with E-state index in [2.05, 4.69) is 26.8 Å². The number of hydrogen-bond acceptors (Lipinski definition) is 6. The zero-order chi connectivity index (χ0) is 19.6. The monoisotopic (exact) mass is 377 g/mol. The number of anilines is 2. The molecular formula is C18H24FN5O3. The van der Waals surface area contributed by atoms with Crippen molar-refractivity contribution in [2.75, 3.05) is 25.5 Å². The molecule has 1 aliphatic heterocycles. The number of piperidine rings is 1. The third-order valence-electron chi connectivity index (χ3n) is 3.81. The predicted molar refractivity (Wildman–Crippen MR) is 102 cm³/mol. The number of aromatic nitrogens is 3. The fraction of sp³-hybridized carbons (Fsp3) is 0.333. The summed E-state index contributed by atoms with van der Waals surface area (Å²) in [5, 5.41) is 2.77. The highest BCUT2D eigenvalue weighted by atomic mass is 19.1. The molecule has 0 unspecified atom stereocenters. The van der Waals surface area contributed by atoms with Crippen LogP contribution in [0.3, 0.4) is 0 Å². The van der Waals surface area contributed by atoms with Gasteiger partial charge in [0.25, 0.3) is 5.56 Å². The van der Waals surface area contributed by atoms with Gasteiger partial charge in [0.1, 0.15) is 0 Å². The number of halogens is 1. The summed E-state index contributed by atoms with van der Waals surface area (Å²) < 4.78 is 17.6. The lowest BCUT2D eigenvalue weighted by atomic mass is 10.1. The Labute approximate surface area is 157 Å². The third kappa shape index (κ3) is 6.21. The van der Waals surface area contributed by atoms with Crippen LogP contribution >= 0.6 is 0 Å². The van der Waals surface area contributed by atoms with E-state index >= 15 is 0 Å². The van der Waals surface area contributed by atoms with Crippen LogP contribution in [0.25, 0.3) is 0 Å². The van der Waals surface area contributed by atoms with Crippen LogP contribution in [-0.4, -0.2) is 46.0 Å². The molecule has 0 spiro atoms. The van der Waals surface area contributed by atoms with E-state index in [1.54, 1.807) is 12.1 Å². The van der Waals surface area contributed by atoms with Crippen LogP contribution < -0.4 is 15.6 Å². The van der Waals surface area contributed by atoms with Gasteiger partial charge in [0.15, 0.2) is 0 Å². The molecule has 2 N–H and O–H groups in total. The van der Waals surface area contributed by atoms with Crippen LogP contribution in [0.2, 0.25) is 0 Å². The summed E-state index contributed by atoms with van der Waals surface area (Å²) in [6.45, 7) is 5.29. The van der Waals surface area contributed by atoms with Crippen LogP contribution in [0.15, 0.2) is 42.0 Å². The number of nitrogens with zero attached hydrogens (tertiary/aromatic N) is 3. The lowest BCUT2D eigenvalue weighted by molar-refractivity contribution is -0.126. The van der Waals surface area contributed by atoms with Gasteiger partial charge >= 0.3 is 0 Å². The number of aromatic amines is 1. The Hall–Kier alpha value is -3.23. The first-order valence-corrected chi connectivity index (χ1v) is 8.46. The highest BCUT2D eigenvalue weighted by molar-refractivity contribution is 5.87. The van der Waals surface area contributed by atoms with Gasteiger partial charge in [-0.3, -0.25) is 14.6 Å². The SMILES string of the molecule is C=CC(=O)N1CCCCC1.COc1ccc(Nc2ncc(F)c(=O)[nH]2)cn1.[HH]. The van der Waals surface area contributed by atoms with Crippen LogP contribution in [0, 0.1) is 5.82 Å². The maximum absolute atomic E-state index is 12.7. The van der Waals surface area contributed by atoms with E-state index < -0.39 is 11.4 Å². The van der Waals surface area contributed by atoms with Crippen molar-refractivity contribution in [3.63, 3.8) is 0 Å². The van der Waals surface area contributed by atoms with E-state index in [1.807, 2.05) is 4.90 Å². The van der Waals surface area contributed by atoms with E-state index in [4.69, 9.17) is 4.74 Å². The zero-order valence-electron chi connectivity index (χ0n) is 15.1. The largest absolute Gasteiger partial charge is 0.481 e. The molecule has 1 fully saturated rings. The summed E-state index contributed by atoms with van der Waals surface area (Å²) in [5.41, 5.74) is -0.232. The Balaban J connectivity index is 0.000000307. The quantitative estimate of drug-likeness (QED) is 0.794. The topological polar surface area (TPSA) is 100 Å². The van der Waals surface area contributed by atoms with Crippen molar-refractivity contribution in [1.29, 1.82) is 0 Å². The van der Waals surface area contributed by atoms with Gasteiger partial charge in [-0.05, 0) is 31.4 Å². The molecule has 9 heteroatoms. The van der Waals surface area contributed by atoms with Crippen molar-refractivity contribution in [1.82, 2.24) is 19.9 Å². The molecule has 0 aliphatic carbocycles. The number of methoxy groups -OCH3 is 1. The lowest BCUT2D eigenvalue weighted by Crippen LogP contribution is -2.34. The van der Waals surface area contributed by atoms with Gasteiger partial charge in [0.05, 0.1) is 25.2 Å². The summed E-state index contributed by atoms with van der Waals surface area (Å²) in [6.07, 6.45) is 7.31. The summed E-state index contributed by atoms with van der Waals surface area (Å²) >= 11 is 0. The number of amides is 1. The van der Waals surface area contributed by atoms with Crippen LogP contribution in [0.1, 0.15) is 20.7 Å². The average molecular weight is 377 g/mol. The Bertz CT molecular complexity index is 823. The molecule has 2 aromatic heterocycles. The predicted octanol–water partition coefficient (Wildman–Crippen LogP) is 2.49. The second-order valence-electron chi connectivity index (χ2n) is 5.71. The number of H-pyrrole nitrogens is 1. The molecule has 2 aromatic rings. The van der Waals surface area contributed by atoms with E-state index in [0.717, 1.165) is 32.1 Å². The molecule has 1 aliphatic rings. The molecule has 0 atom stereocenters. The molecular weight excluding hydrogens is 353 g/mol. The third-order valence-corrected chi connectivity index (χ3v) is 3.81. The Morgan fingerprint density at radius 1 is 1.33 bits per heavy atom. The second-order valence-corrected chi connectivity index (χ2v) is 5.71. The average Bonchev–Trinajstić information content (AvgIpc) is 2.72. The fourth-order valence-corrected chi connectivity index (χ4v) is 2.40. The number of likely N-dealkylation sites (tertiary alicyclic amines) is 1.